The molecule has 0 aromatic heterocycles. The van der Waals surface area contributed by atoms with Gasteiger partial charge in [-0.15, -0.1) is 0 Å². The lowest BCUT2D eigenvalue weighted by molar-refractivity contribution is 0.0697. The first-order valence-electron chi connectivity index (χ1n) is 12.2. The lowest BCUT2D eigenvalue weighted by Gasteiger charge is -2.42. The van der Waals surface area contributed by atoms with Crippen molar-refractivity contribution < 1.29 is 14.6 Å². The van der Waals surface area contributed by atoms with E-state index in [9.17, 15) is 9.90 Å². The van der Waals surface area contributed by atoms with E-state index >= 15 is 0 Å². The summed E-state index contributed by atoms with van der Waals surface area (Å²) >= 11 is 0. The molecule has 3 nitrogen and oxygen atoms in total. The fourth-order valence-electron chi connectivity index (χ4n) is 5.06. The minimum atomic E-state index is -0.902. The van der Waals surface area contributed by atoms with Crippen LogP contribution >= 0.6 is 0 Å². The molecular weight excluding hydrogens is 408 g/mol. The fourth-order valence-corrected chi connectivity index (χ4v) is 5.06. The van der Waals surface area contributed by atoms with Gasteiger partial charge in [-0.3, -0.25) is 0 Å². The van der Waals surface area contributed by atoms with Gasteiger partial charge < -0.3 is 9.84 Å². The largest absolute Gasteiger partial charge is 0.478 e. The number of aromatic carboxylic acids is 1. The molecule has 0 spiro atoms. The summed E-state index contributed by atoms with van der Waals surface area (Å²) in [6.45, 7) is 12.3. The van der Waals surface area contributed by atoms with Gasteiger partial charge in [-0.1, -0.05) is 77.4 Å². The van der Waals surface area contributed by atoms with Crippen molar-refractivity contribution in [3.8, 4) is 0 Å². The van der Waals surface area contributed by atoms with E-state index in [1.54, 1.807) is 12.1 Å². The highest BCUT2D eigenvalue weighted by Gasteiger charge is 2.37. The smallest absolute Gasteiger partial charge is 0.335 e. The van der Waals surface area contributed by atoms with E-state index in [0.29, 0.717) is 12.2 Å². The molecule has 0 aliphatic heterocycles. The first kappa shape index (κ1) is 23.5. The third kappa shape index (κ3) is 4.70. The maximum Gasteiger partial charge on any atom is 0.335 e. The zero-order valence-electron chi connectivity index (χ0n) is 20.6. The first-order valence-corrected chi connectivity index (χ1v) is 12.2. The Kier molecular flexibility index (Phi) is 6.37. The van der Waals surface area contributed by atoms with Crippen LogP contribution in [0.5, 0.6) is 0 Å². The highest BCUT2D eigenvalue weighted by Crippen LogP contribution is 2.47. The van der Waals surface area contributed by atoms with Crippen LogP contribution in [-0.4, -0.2) is 17.7 Å². The number of unbranched alkanes of at least 4 members (excludes halogenated alkanes) is 1. The minimum Gasteiger partial charge on any atom is -0.478 e. The molecule has 0 saturated heterocycles. The van der Waals surface area contributed by atoms with Crippen molar-refractivity contribution in [3.05, 3.63) is 82.4 Å². The first-order chi connectivity index (χ1) is 15.6. The highest BCUT2D eigenvalue weighted by atomic mass is 16.5. The van der Waals surface area contributed by atoms with Crippen LogP contribution in [-0.2, 0) is 15.6 Å². The highest BCUT2D eigenvalue weighted by molar-refractivity contribution is 5.94. The number of carboxylic acids is 1. The molecule has 1 aliphatic carbocycles. The number of carboxylic acid groups (broad SMARTS) is 1. The quantitative estimate of drug-likeness (QED) is 0.378. The van der Waals surface area contributed by atoms with Crippen LogP contribution in [0.4, 0.5) is 0 Å². The maximum atomic E-state index is 11.3. The predicted molar refractivity (Wildman–Crippen MR) is 135 cm³/mol. The van der Waals surface area contributed by atoms with Gasteiger partial charge in [0.15, 0.2) is 0 Å². The summed E-state index contributed by atoms with van der Waals surface area (Å²) in [5.74, 6) is -0.902. The molecule has 0 bridgehead atoms. The van der Waals surface area contributed by atoms with Crippen LogP contribution in [0, 0.1) is 0 Å². The molecule has 3 heteroatoms. The molecule has 1 unspecified atom stereocenters. The Balaban J connectivity index is 1.78. The van der Waals surface area contributed by atoms with Crippen molar-refractivity contribution in [2.75, 3.05) is 6.61 Å². The van der Waals surface area contributed by atoms with Gasteiger partial charge in [-0.25, -0.2) is 4.79 Å². The van der Waals surface area contributed by atoms with Crippen LogP contribution in [0.2, 0.25) is 0 Å². The molecule has 0 radical (unpaired) electrons. The third-order valence-electron chi connectivity index (χ3n) is 7.38. The van der Waals surface area contributed by atoms with Gasteiger partial charge in [-0.2, -0.15) is 0 Å². The SMILES string of the molecule is CCCCOC(c1ccc2c(c1)C(C)(C)CCC2(C)C)c1ccc2cc(C(=O)O)ccc2c1. The Bertz CT molecular complexity index is 1170. The average Bonchev–Trinajstić information content (AvgIpc) is 2.79. The lowest BCUT2D eigenvalue weighted by Crippen LogP contribution is -2.34. The van der Waals surface area contributed by atoms with Crippen molar-refractivity contribution >= 4 is 16.7 Å². The number of ether oxygens (including phenoxy) is 1. The number of benzene rings is 3. The molecule has 3 aromatic rings. The van der Waals surface area contributed by atoms with Crippen molar-refractivity contribution in [2.45, 2.75) is 77.2 Å². The van der Waals surface area contributed by atoms with Gasteiger partial charge in [-0.05, 0) is 81.3 Å². The summed E-state index contributed by atoms with van der Waals surface area (Å²) in [5, 5.41) is 11.3. The summed E-state index contributed by atoms with van der Waals surface area (Å²) in [6, 6.07) is 18.5. The standard InChI is InChI=1S/C30H36O3/c1-6-7-16-33-27(22-10-8-21-18-24(28(31)32)11-9-20(21)17-22)23-12-13-25-26(19-23)30(4,5)15-14-29(25,2)3/h8-13,17-19,27H,6-7,14-16H2,1-5H3,(H,31,32). The second-order valence-corrected chi connectivity index (χ2v) is 10.8. The van der Waals surface area contributed by atoms with Crippen molar-refractivity contribution in [1.29, 1.82) is 0 Å². The van der Waals surface area contributed by atoms with Gasteiger partial charge in [0.1, 0.15) is 6.10 Å². The second kappa shape index (κ2) is 8.95. The lowest BCUT2D eigenvalue weighted by atomic mass is 9.63. The monoisotopic (exact) mass is 444 g/mol. The molecule has 0 saturated carbocycles. The van der Waals surface area contributed by atoms with Crippen molar-refractivity contribution in [3.63, 3.8) is 0 Å². The molecular formula is C30H36O3. The van der Waals surface area contributed by atoms with Crippen LogP contribution in [0.3, 0.4) is 0 Å². The molecule has 1 atom stereocenters. The second-order valence-electron chi connectivity index (χ2n) is 10.8. The number of hydrogen-bond donors (Lipinski definition) is 1. The normalized spacial score (nSPS) is 17.5. The third-order valence-corrected chi connectivity index (χ3v) is 7.38. The molecule has 1 aliphatic rings. The number of carbonyl (C=O) groups is 1. The van der Waals surface area contributed by atoms with Crippen LogP contribution in [0.25, 0.3) is 10.8 Å². The molecule has 0 amide bonds. The maximum absolute atomic E-state index is 11.3. The Labute approximate surface area is 197 Å². The summed E-state index contributed by atoms with van der Waals surface area (Å²) < 4.78 is 6.48. The van der Waals surface area contributed by atoms with E-state index in [2.05, 4.69) is 65.0 Å². The van der Waals surface area contributed by atoms with E-state index < -0.39 is 5.97 Å². The predicted octanol–water partition coefficient (Wildman–Crippen LogP) is 7.79. The molecule has 0 heterocycles. The number of hydrogen-bond acceptors (Lipinski definition) is 2. The van der Waals surface area contributed by atoms with Gasteiger partial charge in [0.2, 0.25) is 0 Å². The average molecular weight is 445 g/mol. The fraction of sp³-hybridized carbons (Fsp3) is 0.433. The Morgan fingerprint density at radius 2 is 1.48 bits per heavy atom. The van der Waals surface area contributed by atoms with E-state index in [1.807, 2.05) is 12.1 Å². The molecule has 1 N–H and O–H groups in total. The molecule has 0 fully saturated rings. The molecule has 174 valence electrons. The van der Waals surface area contributed by atoms with Crippen LogP contribution in [0.15, 0.2) is 54.6 Å². The van der Waals surface area contributed by atoms with E-state index in [0.717, 1.165) is 29.2 Å². The topological polar surface area (TPSA) is 46.5 Å². The summed E-state index contributed by atoms with van der Waals surface area (Å²) in [4.78, 5) is 11.3. The summed E-state index contributed by atoms with van der Waals surface area (Å²) in [7, 11) is 0. The number of fused-ring (bicyclic) bond motifs is 2. The van der Waals surface area contributed by atoms with E-state index in [1.165, 1.54) is 29.5 Å². The van der Waals surface area contributed by atoms with Gasteiger partial charge in [0.25, 0.3) is 0 Å². The number of rotatable bonds is 7. The Morgan fingerprint density at radius 3 is 2.18 bits per heavy atom. The Hall–Kier alpha value is -2.65. The summed E-state index contributed by atoms with van der Waals surface area (Å²) in [5.41, 5.74) is 5.83. The van der Waals surface area contributed by atoms with Crippen LogP contribution < -0.4 is 0 Å². The Morgan fingerprint density at radius 1 is 0.879 bits per heavy atom. The van der Waals surface area contributed by atoms with Gasteiger partial charge in [0, 0.05) is 6.61 Å². The van der Waals surface area contributed by atoms with Crippen LogP contribution in [0.1, 0.15) is 99.0 Å². The van der Waals surface area contributed by atoms with Crippen molar-refractivity contribution in [2.24, 2.45) is 0 Å². The van der Waals surface area contributed by atoms with E-state index in [-0.39, 0.29) is 16.9 Å². The molecule has 33 heavy (non-hydrogen) atoms. The minimum absolute atomic E-state index is 0.144. The van der Waals surface area contributed by atoms with Gasteiger partial charge >= 0.3 is 5.97 Å². The zero-order valence-corrected chi connectivity index (χ0v) is 20.6. The molecule has 4 rings (SSSR count). The molecule has 3 aromatic carbocycles. The zero-order chi connectivity index (χ0) is 23.8. The van der Waals surface area contributed by atoms with E-state index in [4.69, 9.17) is 4.74 Å². The van der Waals surface area contributed by atoms with Gasteiger partial charge in [0.05, 0.1) is 5.56 Å². The summed E-state index contributed by atoms with van der Waals surface area (Å²) in [6.07, 6.45) is 4.35. The van der Waals surface area contributed by atoms with Crippen molar-refractivity contribution in [1.82, 2.24) is 0 Å².